The van der Waals surface area contributed by atoms with Crippen molar-refractivity contribution < 1.29 is 4.79 Å². The van der Waals surface area contributed by atoms with E-state index < -0.39 is 5.91 Å². The van der Waals surface area contributed by atoms with Crippen molar-refractivity contribution in [1.82, 2.24) is 14.8 Å². The third-order valence-corrected chi connectivity index (χ3v) is 3.32. The number of amides is 1. The van der Waals surface area contributed by atoms with E-state index in [1.807, 2.05) is 18.5 Å². The highest BCUT2D eigenvalue weighted by atomic mass is 16.1. The number of nitrogens with zero attached hydrogens (tertiary/aromatic N) is 3. The van der Waals surface area contributed by atoms with E-state index in [0.717, 1.165) is 30.2 Å². The summed E-state index contributed by atoms with van der Waals surface area (Å²) in [7, 11) is 0. The van der Waals surface area contributed by atoms with Crippen LogP contribution in [-0.2, 0) is 6.54 Å². The summed E-state index contributed by atoms with van der Waals surface area (Å²) in [4.78, 5) is 15.3. The highest BCUT2D eigenvalue weighted by Gasteiger charge is 2.10. The van der Waals surface area contributed by atoms with E-state index in [9.17, 15) is 4.79 Å². The molecule has 0 saturated heterocycles. The molecule has 2 aromatic heterocycles. The van der Waals surface area contributed by atoms with E-state index in [4.69, 9.17) is 5.73 Å². The maximum absolute atomic E-state index is 11.3. The van der Waals surface area contributed by atoms with Crippen LogP contribution in [0.25, 0.3) is 0 Å². The lowest BCUT2D eigenvalue weighted by Crippen LogP contribution is -2.21. The van der Waals surface area contributed by atoms with Crippen LogP contribution < -0.4 is 11.1 Å². The van der Waals surface area contributed by atoms with Crippen molar-refractivity contribution in [3.05, 3.63) is 41.5 Å². The summed E-state index contributed by atoms with van der Waals surface area (Å²) in [6.45, 7) is 7.72. The van der Waals surface area contributed by atoms with Crippen LogP contribution in [0.15, 0.2) is 24.5 Å². The Kier molecular flexibility index (Phi) is 4.57. The van der Waals surface area contributed by atoms with Crippen LogP contribution in [0.4, 0.5) is 5.69 Å². The Morgan fingerprint density at radius 3 is 2.86 bits per heavy atom. The molecule has 0 aliphatic carbocycles. The summed E-state index contributed by atoms with van der Waals surface area (Å²) >= 11 is 0. The van der Waals surface area contributed by atoms with E-state index in [1.54, 1.807) is 12.3 Å². The fourth-order valence-corrected chi connectivity index (χ4v) is 2.25. The van der Waals surface area contributed by atoms with Gasteiger partial charge in [-0.15, -0.1) is 0 Å². The molecule has 2 rings (SSSR count). The Morgan fingerprint density at radius 1 is 1.48 bits per heavy atom. The third kappa shape index (κ3) is 3.81. The smallest absolute Gasteiger partial charge is 0.252 e. The zero-order valence-corrected chi connectivity index (χ0v) is 12.6. The second-order valence-corrected chi connectivity index (χ2v) is 5.38. The number of carbonyl (C=O) groups excluding carboxylic acids is 1. The molecule has 1 amide bonds. The van der Waals surface area contributed by atoms with Crippen LogP contribution in [0.2, 0.25) is 0 Å². The summed E-state index contributed by atoms with van der Waals surface area (Å²) in [5.74, 6) is -0.117. The lowest BCUT2D eigenvalue weighted by Gasteiger charge is -2.16. The molecule has 0 saturated carbocycles. The van der Waals surface area contributed by atoms with Crippen LogP contribution in [0.1, 0.15) is 28.7 Å². The molecule has 0 aromatic carbocycles. The lowest BCUT2D eigenvalue weighted by molar-refractivity contribution is 0.100. The number of carbonyl (C=O) groups is 1. The van der Waals surface area contributed by atoms with Crippen LogP contribution in [0.5, 0.6) is 0 Å². The molecule has 0 fully saturated rings. The SMILES string of the molecule is Cc1cc(C)n(C[C@@H](C)CNc2ccncc2C(N)=O)n1. The van der Waals surface area contributed by atoms with Crippen LogP contribution in [-0.4, -0.2) is 27.2 Å². The number of anilines is 1. The highest BCUT2D eigenvalue weighted by Crippen LogP contribution is 2.14. The number of hydrogen-bond donors (Lipinski definition) is 2. The summed E-state index contributed by atoms with van der Waals surface area (Å²) in [6.07, 6.45) is 3.12. The Balaban J connectivity index is 1.97. The van der Waals surface area contributed by atoms with Crippen molar-refractivity contribution in [3.63, 3.8) is 0 Å². The van der Waals surface area contributed by atoms with Crippen molar-refractivity contribution in [2.24, 2.45) is 11.7 Å². The Bertz CT molecular complexity index is 635. The lowest BCUT2D eigenvalue weighted by atomic mass is 10.1. The fraction of sp³-hybridized carbons (Fsp3) is 0.400. The molecule has 0 aliphatic rings. The van der Waals surface area contributed by atoms with E-state index in [0.29, 0.717) is 11.5 Å². The van der Waals surface area contributed by atoms with Crippen LogP contribution in [0.3, 0.4) is 0 Å². The van der Waals surface area contributed by atoms with Gasteiger partial charge in [0.1, 0.15) is 0 Å². The second kappa shape index (κ2) is 6.39. The number of nitrogens with two attached hydrogens (primary N) is 1. The Hall–Kier alpha value is -2.37. The summed E-state index contributed by atoms with van der Waals surface area (Å²) in [5.41, 5.74) is 8.65. The molecule has 3 N–H and O–H groups in total. The van der Waals surface area contributed by atoms with E-state index in [-0.39, 0.29) is 0 Å². The maximum atomic E-state index is 11.3. The summed E-state index contributed by atoms with van der Waals surface area (Å²) in [6, 6.07) is 3.82. The summed E-state index contributed by atoms with van der Waals surface area (Å²) < 4.78 is 2.00. The quantitative estimate of drug-likeness (QED) is 0.847. The molecule has 21 heavy (non-hydrogen) atoms. The van der Waals surface area contributed by atoms with Gasteiger partial charge < -0.3 is 11.1 Å². The predicted octanol–water partition coefficient (Wildman–Crippen LogP) is 1.74. The van der Waals surface area contributed by atoms with E-state index in [1.165, 1.54) is 6.20 Å². The standard InChI is InChI=1S/C15H21N5O/c1-10(9-20-12(3)6-11(2)19-20)7-18-14-4-5-17-8-13(14)15(16)21/h4-6,8,10H,7,9H2,1-3H3,(H2,16,21)(H,17,18)/t10-/m0/s1. The minimum absolute atomic E-state index is 0.358. The first kappa shape index (κ1) is 15.0. The van der Waals surface area contributed by atoms with Gasteiger partial charge in [0.2, 0.25) is 0 Å². The first-order valence-electron chi connectivity index (χ1n) is 6.96. The van der Waals surface area contributed by atoms with Gasteiger partial charge in [-0.25, -0.2) is 0 Å². The number of nitrogens with one attached hydrogen (secondary N) is 1. The first-order chi connectivity index (χ1) is 9.97. The van der Waals surface area contributed by atoms with Gasteiger partial charge in [0.25, 0.3) is 5.91 Å². The zero-order chi connectivity index (χ0) is 15.4. The molecule has 0 spiro atoms. The highest BCUT2D eigenvalue weighted by molar-refractivity contribution is 5.98. The van der Waals surface area contributed by atoms with Gasteiger partial charge in [-0.3, -0.25) is 14.5 Å². The van der Waals surface area contributed by atoms with Gasteiger partial charge in [0, 0.05) is 31.2 Å². The molecule has 0 radical (unpaired) electrons. The van der Waals surface area contributed by atoms with E-state index >= 15 is 0 Å². The molecular weight excluding hydrogens is 266 g/mol. The van der Waals surface area contributed by atoms with Gasteiger partial charge in [-0.2, -0.15) is 5.10 Å². The molecule has 112 valence electrons. The number of aryl methyl sites for hydroxylation is 2. The van der Waals surface area contributed by atoms with Gasteiger partial charge in [0.15, 0.2) is 0 Å². The van der Waals surface area contributed by atoms with Crippen molar-refractivity contribution in [2.75, 3.05) is 11.9 Å². The van der Waals surface area contributed by atoms with Crippen LogP contribution >= 0.6 is 0 Å². The molecule has 6 heteroatoms. The first-order valence-corrected chi connectivity index (χ1v) is 6.96. The fourth-order valence-electron chi connectivity index (χ4n) is 2.25. The van der Waals surface area contributed by atoms with Crippen LogP contribution in [0, 0.1) is 19.8 Å². The normalized spacial score (nSPS) is 12.1. The van der Waals surface area contributed by atoms with Crippen molar-refractivity contribution in [2.45, 2.75) is 27.3 Å². The molecule has 0 unspecified atom stereocenters. The second-order valence-electron chi connectivity index (χ2n) is 5.38. The van der Waals surface area contributed by atoms with E-state index in [2.05, 4.69) is 28.4 Å². The van der Waals surface area contributed by atoms with Crippen molar-refractivity contribution in [3.8, 4) is 0 Å². The molecular formula is C15H21N5O. The number of primary amides is 1. The predicted molar refractivity (Wildman–Crippen MR) is 82.1 cm³/mol. The molecule has 0 aliphatic heterocycles. The monoisotopic (exact) mass is 287 g/mol. The average Bonchev–Trinajstić information content (AvgIpc) is 2.74. The molecule has 2 aromatic rings. The van der Waals surface area contributed by atoms with Gasteiger partial charge >= 0.3 is 0 Å². The van der Waals surface area contributed by atoms with Gasteiger partial charge in [-0.1, -0.05) is 6.92 Å². The Labute approximate surface area is 124 Å². The average molecular weight is 287 g/mol. The third-order valence-electron chi connectivity index (χ3n) is 3.32. The zero-order valence-electron chi connectivity index (χ0n) is 12.6. The topological polar surface area (TPSA) is 85.8 Å². The largest absolute Gasteiger partial charge is 0.384 e. The summed E-state index contributed by atoms with van der Waals surface area (Å²) in [5, 5.41) is 7.71. The molecule has 0 bridgehead atoms. The molecule has 6 nitrogen and oxygen atoms in total. The number of aromatic nitrogens is 3. The number of pyridine rings is 1. The number of hydrogen-bond acceptors (Lipinski definition) is 4. The Morgan fingerprint density at radius 2 is 2.24 bits per heavy atom. The minimum Gasteiger partial charge on any atom is -0.384 e. The molecule has 2 heterocycles. The van der Waals surface area contributed by atoms with Gasteiger partial charge in [0.05, 0.1) is 16.9 Å². The van der Waals surface area contributed by atoms with Gasteiger partial charge in [-0.05, 0) is 31.9 Å². The number of rotatable bonds is 6. The van der Waals surface area contributed by atoms with Crippen molar-refractivity contribution in [1.29, 1.82) is 0 Å². The molecule has 1 atom stereocenters. The maximum Gasteiger partial charge on any atom is 0.252 e. The van der Waals surface area contributed by atoms with Crippen molar-refractivity contribution >= 4 is 11.6 Å². The minimum atomic E-state index is -0.475.